The first-order chi connectivity index (χ1) is 9.02. The van der Waals surface area contributed by atoms with E-state index in [9.17, 15) is 4.79 Å². The number of hydrogen-bond donors (Lipinski definition) is 2. The Morgan fingerprint density at radius 1 is 1.26 bits per heavy atom. The SMILES string of the molecule is COC(=O)c1cscc1Nc1cc(Cl)c(Cl)cc1N. The number of carbonyl (C=O) groups excluding carboxylic acids is 1. The predicted molar refractivity (Wildman–Crippen MR) is 79.8 cm³/mol. The van der Waals surface area contributed by atoms with E-state index in [2.05, 4.69) is 5.32 Å². The van der Waals surface area contributed by atoms with Gasteiger partial charge in [-0.05, 0) is 12.1 Å². The van der Waals surface area contributed by atoms with Crippen molar-refractivity contribution in [2.24, 2.45) is 0 Å². The fraction of sp³-hybridized carbons (Fsp3) is 0.0833. The Labute approximate surface area is 124 Å². The van der Waals surface area contributed by atoms with Gasteiger partial charge in [0, 0.05) is 10.8 Å². The second-order valence-corrected chi connectivity index (χ2v) is 5.23. The summed E-state index contributed by atoms with van der Waals surface area (Å²) < 4.78 is 4.70. The highest BCUT2D eigenvalue weighted by atomic mass is 35.5. The summed E-state index contributed by atoms with van der Waals surface area (Å²) in [5.41, 5.74) is 7.93. The summed E-state index contributed by atoms with van der Waals surface area (Å²) >= 11 is 13.2. The van der Waals surface area contributed by atoms with Crippen molar-refractivity contribution in [1.82, 2.24) is 0 Å². The molecule has 0 spiro atoms. The van der Waals surface area contributed by atoms with Crippen LogP contribution in [-0.2, 0) is 4.74 Å². The molecule has 100 valence electrons. The molecule has 2 rings (SSSR count). The Hall–Kier alpha value is -1.43. The lowest BCUT2D eigenvalue weighted by molar-refractivity contribution is 0.0602. The molecule has 0 fully saturated rings. The van der Waals surface area contributed by atoms with Crippen LogP contribution < -0.4 is 11.1 Å². The number of benzene rings is 1. The van der Waals surface area contributed by atoms with E-state index in [0.29, 0.717) is 32.7 Å². The highest BCUT2D eigenvalue weighted by molar-refractivity contribution is 7.08. The van der Waals surface area contributed by atoms with Gasteiger partial charge < -0.3 is 15.8 Å². The van der Waals surface area contributed by atoms with Crippen LogP contribution in [0, 0.1) is 0 Å². The number of ether oxygens (including phenoxy) is 1. The lowest BCUT2D eigenvalue weighted by Crippen LogP contribution is -2.04. The van der Waals surface area contributed by atoms with Crippen molar-refractivity contribution in [3.05, 3.63) is 38.5 Å². The maximum absolute atomic E-state index is 11.6. The molecule has 0 unspecified atom stereocenters. The van der Waals surface area contributed by atoms with Gasteiger partial charge in [0.2, 0.25) is 0 Å². The van der Waals surface area contributed by atoms with Gasteiger partial charge in [-0.2, -0.15) is 0 Å². The van der Waals surface area contributed by atoms with Crippen molar-refractivity contribution in [2.45, 2.75) is 0 Å². The number of anilines is 3. The van der Waals surface area contributed by atoms with Crippen molar-refractivity contribution in [1.29, 1.82) is 0 Å². The average Bonchev–Trinajstić information content (AvgIpc) is 2.83. The van der Waals surface area contributed by atoms with Gasteiger partial charge in [-0.15, -0.1) is 11.3 Å². The minimum atomic E-state index is -0.414. The van der Waals surface area contributed by atoms with E-state index >= 15 is 0 Å². The maximum Gasteiger partial charge on any atom is 0.340 e. The number of carbonyl (C=O) groups is 1. The summed E-state index contributed by atoms with van der Waals surface area (Å²) in [6.45, 7) is 0. The Balaban J connectivity index is 2.34. The van der Waals surface area contributed by atoms with Gasteiger partial charge in [-0.1, -0.05) is 23.2 Å². The van der Waals surface area contributed by atoms with Crippen LogP contribution in [0.25, 0.3) is 0 Å². The quantitative estimate of drug-likeness (QED) is 0.659. The molecule has 0 aliphatic rings. The van der Waals surface area contributed by atoms with Crippen molar-refractivity contribution < 1.29 is 9.53 Å². The van der Waals surface area contributed by atoms with Crippen LogP contribution >= 0.6 is 34.5 Å². The molecular weight excluding hydrogens is 307 g/mol. The Morgan fingerprint density at radius 2 is 1.95 bits per heavy atom. The van der Waals surface area contributed by atoms with Gasteiger partial charge in [0.25, 0.3) is 0 Å². The molecule has 0 radical (unpaired) electrons. The van der Waals surface area contributed by atoms with Crippen molar-refractivity contribution in [2.75, 3.05) is 18.2 Å². The first kappa shape index (κ1) is 14.0. The van der Waals surface area contributed by atoms with E-state index in [0.717, 1.165) is 0 Å². The van der Waals surface area contributed by atoms with E-state index in [4.69, 9.17) is 33.7 Å². The van der Waals surface area contributed by atoms with E-state index in [-0.39, 0.29) is 0 Å². The predicted octanol–water partition coefficient (Wildman–Crippen LogP) is 4.17. The minimum absolute atomic E-state index is 0.378. The number of nitrogen functional groups attached to an aromatic ring is 1. The third-order valence-electron chi connectivity index (χ3n) is 2.43. The van der Waals surface area contributed by atoms with Crippen LogP contribution in [0.5, 0.6) is 0 Å². The van der Waals surface area contributed by atoms with Crippen LogP contribution in [0.15, 0.2) is 22.9 Å². The van der Waals surface area contributed by atoms with Crippen molar-refractivity contribution >= 4 is 57.6 Å². The molecule has 7 heteroatoms. The highest BCUT2D eigenvalue weighted by Crippen LogP contribution is 2.34. The third kappa shape index (κ3) is 2.94. The van der Waals surface area contributed by atoms with Gasteiger partial charge in [-0.25, -0.2) is 4.79 Å². The first-order valence-electron chi connectivity index (χ1n) is 5.19. The van der Waals surface area contributed by atoms with Gasteiger partial charge in [0.05, 0.1) is 39.8 Å². The fourth-order valence-corrected chi connectivity index (χ4v) is 2.56. The molecule has 3 N–H and O–H groups in total. The van der Waals surface area contributed by atoms with Gasteiger partial charge >= 0.3 is 5.97 Å². The highest BCUT2D eigenvalue weighted by Gasteiger charge is 2.14. The van der Waals surface area contributed by atoms with Gasteiger partial charge in [0.1, 0.15) is 0 Å². The molecule has 0 saturated heterocycles. The number of hydrogen-bond acceptors (Lipinski definition) is 5. The van der Waals surface area contributed by atoms with Crippen molar-refractivity contribution in [3.63, 3.8) is 0 Å². The first-order valence-corrected chi connectivity index (χ1v) is 6.89. The molecule has 1 aromatic heterocycles. The zero-order chi connectivity index (χ0) is 14.0. The lowest BCUT2D eigenvalue weighted by atomic mass is 10.2. The van der Waals surface area contributed by atoms with Gasteiger partial charge in [-0.3, -0.25) is 0 Å². The van der Waals surface area contributed by atoms with E-state index in [1.165, 1.54) is 18.4 Å². The molecular formula is C12H10Cl2N2O2S. The summed E-state index contributed by atoms with van der Waals surface area (Å²) in [6.07, 6.45) is 0. The maximum atomic E-state index is 11.6. The topological polar surface area (TPSA) is 64.3 Å². The normalized spacial score (nSPS) is 10.3. The van der Waals surface area contributed by atoms with Crippen LogP contribution in [0.4, 0.5) is 17.1 Å². The standard InChI is InChI=1S/C12H10Cl2N2O2S/c1-18-12(17)6-4-19-5-11(6)16-10-3-8(14)7(13)2-9(10)15/h2-5,16H,15H2,1H3. The van der Waals surface area contributed by atoms with Crippen LogP contribution in [0.3, 0.4) is 0 Å². The summed E-state index contributed by atoms with van der Waals surface area (Å²) in [7, 11) is 1.33. The Morgan fingerprint density at radius 3 is 2.63 bits per heavy atom. The number of methoxy groups -OCH3 is 1. The summed E-state index contributed by atoms with van der Waals surface area (Å²) in [5, 5.41) is 7.29. The number of nitrogens with two attached hydrogens (primary N) is 1. The molecule has 0 aliphatic carbocycles. The van der Waals surface area contributed by atoms with E-state index in [1.54, 1.807) is 22.9 Å². The van der Waals surface area contributed by atoms with Gasteiger partial charge in [0.15, 0.2) is 0 Å². The minimum Gasteiger partial charge on any atom is -0.465 e. The Kier molecular flexibility index (Phi) is 4.19. The molecule has 19 heavy (non-hydrogen) atoms. The number of thiophene rings is 1. The van der Waals surface area contributed by atoms with E-state index in [1.807, 2.05) is 0 Å². The monoisotopic (exact) mass is 316 g/mol. The molecule has 0 aliphatic heterocycles. The molecule has 4 nitrogen and oxygen atoms in total. The zero-order valence-corrected chi connectivity index (χ0v) is 12.2. The fourth-order valence-electron chi connectivity index (χ4n) is 1.48. The van der Waals surface area contributed by atoms with Crippen LogP contribution in [0.1, 0.15) is 10.4 Å². The number of rotatable bonds is 3. The van der Waals surface area contributed by atoms with Crippen molar-refractivity contribution in [3.8, 4) is 0 Å². The molecule has 2 aromatic rings. The molecule has 1 heterocycles. The van der Waals surface area contributed by atoms with Crippen LogP contribution in [0.2, 0.25) is 10.0 Å². The summed E-state index contributed by atoms with van der Waals surface area (Å²) in [4.78, 5) is 11.6. The largest absolute Gasteiger partial charge is 0.465 e. The summed E-state index contributed by atoms with van der Waals surface area (Å²) in [6, 6.07) is 3.16. The number of esters is 1. The Bertz CT molecular complexity index is 628. The zero-order valence-electron chi connectivity index (χ0n) is 9.87. The molecule has 0 amide bonds. The second-order valence-electron chi connectivity index (χ2n) is 3.67. The third-order valence-corrected chi connectivity index (χ3v) is 3.89. The molecule has 0 bridgehead atoms. The van der Waals surface area contributed by atoms with Crippen LogP contribution in [-0.4, -0.2) is 13.1 Å². The summed E-state index contributed by atoms with van der Waals surface area (Å²) in [5.74, 6) is -0.414. The van der Waals surface area contributed by atoms with E-state index < -0.39 is 5.97 Å². The number of halogens is 2. The molecule has 0 atom stereocenters. The second kappa shape index (κ2) is 5.69. The molecule has 0 saturated carbocycles. The average molecular weight is 317 g/mol. The molecule has 1 aromatic carbocycles. The number of nitrogens with one attached hydrogen (secondary N) is 1. The smallest absolute Gasteiger partial charge is 0.340 e. The lowest BCUT2D eigenvalue weighted by Gasteiger charge is -2.10.